The van der Waals surface area contributed by atoms with Crippen LogP contribution in [0, 0.1) is 23.0 Å². The fraction of sp³-hybridized carbons (Fsp3) is 0.111. The van der Waals surface area contributed by atoms with E-state index in [1.807, 2.05) is 25.1 Å². The molecule has 1 aromatic heterocycles. The smallest absolute Gasteiger partial charge is 0.160 e. The molecule has 0 aliphatic carbocycles. The highest BCUT2D eigenvalue weighted by Crippen LogP contribution is 2.30. The summed E-state index contributed by atoms with van der Waals surface area (Å²) in [6, 6.07) is 11.4. The number of aryl methyl sites for hydroxylation is 1. The molecule has 0 atom stereocenters. The second-order valence-corrected chi connectivity index (χ2v) is 5.12. The Kier molecular flexibility index (Phi) is 3.90. The van der Waals surface area contributed by atoms with Crippen molar-refractivity contribution < 1.29 is 8.78 Å². The van der Waals surface area contributed by atoms with Crippen LogP contribution >= 0.6 is 0 Å². The highest BCUT2D eigenvalue weighted by molar-refractivity contribution is 5.96. The monoisotopic (exact) mass is 309 g/mol. The summed E-state index contributed by atoms with van der Waals surface area (Å²) in [6.45, 7) is 2.03. The average molecular weight is 309 g/mol. The van der Waals surface area contributed by atoms with Crippen molar-refractivity contribution in [3.05, 3.63) is 65.4 Å². The van der Waals surface area contributed by atoms with Crippen molar-refractivity contribution in [2.75, 3.05) is 5.32 Å². The molecule has 0 bridgehead atoms. The molecule has 0 saturated carbocycles. The molecule has 5 heteroatoms. The van der Waals surface area contributed by atoms with Gasteiger partial charge in [0.15, 0.2) is 11.6 Å². The topological polar surface area (TPSA) is 48.7 Å². The van der Waals surface area contributed by atoms with Crippen LogP contribution in [0.4, 0.5) is 20.2 Å². The van der Waals surface area contributed by atoms with E-state index < -0.39 is 11.6 Å². The lowest BCUT2D eigenvalue weighted by molar-refractivity contribution is 0.509. The zero-order chi connectivity index (χ0) is 16.4. The predicted octanol–water partition coefficient (Wildman–Crippen LogP) is 4.69. The number of nitrogens with one attached hydrogen (secondary N) is 1. The molecule has 1 N–H and O–H groups in total. The Labute approximate surface area is 132 Å². The molecule has 1 heterocycles. The molecule has 0 fully saturated rings. The van der Waals surface area contributed by atoms with Gasteiger partial charge in [0.25, 0.3) is 0 Å². The Balaban J connectivity index is 2.17. The average Bonchev–Trinajstić information content (AvgIpc) is 2.58. The number of rotatable bonds is 3. The molecule has 23 heavy (non-hydrogen) atoms. The zero-order valence-corrected chi connectivity index (χ0v) is 12.4. The predicted molar refractivity (Wildman–Crippen MR) is 85.5 cm³/mol. The Morgan fingerprint density at radius 2 is 1.96 bits per heavy atom. The molecular weight excluding hydrogens is 296 g/mol. The summed E-state index contributed by atoms with van der Waals surface area (Å²) in [5.74, 6) is -1.86. The van der Waals surface area contributed by atoms with Crippen LogP contribution in [0.15, 0.2) is 42.6 Å². The van der Waals surface area contributed by atoms with E-state index in [1.54, 1.807) is 0 Å². The quantitative estimate of drug-likeness (QED) is 0.763. The van der Waals surface area contributed by atoms with Gasteiger partial charge >= 0.3 is 0 Å². The summed E-state index contributed by atoms with van der Waals surface area (Å²) in [7, 11) is 0. The Hall–Kier alpha value is -3.00. The van der Waals surface area contributed by atoms with Crippen molar-refractivity contribution in [2.24, 2.45) is 0 Å². The number of nitrogens with zero attached hydrogens (tertiary/aromatic N) is 2. The molecule has 0 saturated heterocycles. The first-order valence-corrected chi connectivity index (χ1v) is 7.16. The summed E-state index contributed by atoms with van der Waals surface area (Å²) in [6.07, 6.45) is 2.31. The first-order chi connectivity index (χ1) is 11.1. The minimum atomic E-state index is -0.943. The summed E-state index contributed by atoms with van der Waals surface area (Å²) in [5.41, 5.74) is 3.08. The number of hydrogen-bond donors (Lipinski definition) is 1. The van der Waals surface area contributed by atoms with E-state index in [0.29, 0.717) is 16.9 Å². The molecule has 114 valence electrons. The fourth-order valence-electron chi connectivity index (χ4n) is 2.40. The molecule has 0 spiro atoms. The number of aromatic nitrogens is 1. The maximum absolute atomic E-state index is 13.4. The van der Waals surface area contributed by atoms with Crippen molar-refractivity contribution in [1.82, 2.24) is 4.98 Å². The van der Waals surface area contributed by atoms with E-state index in [4.69, 9.17) is 0 Å². The van der Waals surface area contributed by atoms with E-state index in [1.165, 1.54) is 12.3 Å². The molecule has 3 rings (SSSR count). The van der Waals surface area contributed by atoms with Gasteiger partial charge < -0.3 is 5.32 Å². The molecule has 3 aromatic rings. The van der Waals surface area contributed by atoms with Crippen molar-refractivity contribution >= 4 is 22.3 Å². The molecule has 2 aromatic carbocycles. The van der Waals surface area contributed by atoms with E-state index in [9.17, 15) is 14.0 Å². The minimum Gasteiger partial charge on any atom is -0.354 e. The lowest BCUT2D eigenvalue weighted by Gasteiger charge is -2.12. The summed E-state index contributed by atoms with van der Waals surface area (Å²) in [4.78, 5) is 4.26. The fourth-order valence-corrected chi connectivity index (χ4v) is 2.40. The number of fused-ring (bicyclic) bond motifs is 1. The molecule has 0 unspecified atom stereocenters. The van der Waals surface area contributed by atoms with E-state index in [0.717, 1.165) is 35.0 Å². The van der Waals surface area contributed by atoms with Crippen molar-refractivity contribution in [3.8, 4) is 6.07 Å². The third-order valence-electron chi connectivity index (χ3n) is 3.65. The number of halogens is 2. The van der Waals surface area contributed by atoms with Crippen LogP contribution in [0.3, 0.4) is 0 Å². The van der Waals surface area contributed by atoms with Gasteiger partial charge in [-0.1, -0.05) is 13.0 Å². The first kappa shape index (κ1) is 14.9. The van der Waals surface area contributed by atoms with E-state index in [2.05, 4.69) is 16.4 Å². The maximum atomic E-state index is 13.4. The number of anilines is 2. The van der Waals surface area contributed by atoms with Gasteiger partial charge in [-0.2, -0.15) is 5.26 Å². The minimum absolute atomic E-state index is 0.343. The van der Waals surface area contributed by atoms with Gasteiger partial charge in [0, 0.05) is 23.3 Å². The first-order valence-electron chi connectivity index (χ1n) is 7.16. The third-order valence-corrected chi connectivity index (χ3v) is 3.65. The number of benzene rings is 2. The van der Waals surface area contributed by atoms with Crippen LogP contribution in [0.5, 0.6) is 0 Å². The summed E-state index contributed by atoms with van der Waals surface area (Å²) in [5, 5.41) is 13.1. The van der Waals surface area contributed by atoms with Crippen LogP contribution in [0.1, 0.15) is 18.1 Å². The molecule has 0 aliphatic rings. The van der Waals surface area contributed by atoms with E-state index >= 15 is 0 Å². The Morgan fingerprint density at radius 3 is 2.65 bits per heavy atom. The maximum Gasteiger partial charge on any atom is 0.160 e. The molecular formula is C18H13F2N3. The van der Waals surface area contributed by atoms with Crippen LogP contribution in [0.2, 0.25) is 0 Å². The Morgan fingerprint density at radius 1 is 1.13 bits per heavy atom. The van der Waals surface area contributed by atoms with Gasteiger partial charge in [-0.25, -0.2) is 8.78 Å². The van der Waals surface area contributed by atoms with Crippen LogP contribution in [-0.4, -0.2) is 4.98 Å². The number of hydrogen-bond acceptors (Lipinski definition) is 3. The molecule has 3 nitrogen and oxygen atoms in total. The summed E-state index contributed by atoms with van der Waals surface area (Å²) >= 11 is 0. The van der Waals surface area contributed by atoms with Gasteiger partial charge in [0.1, 0.15) is 6.07 Å². The van der Waals surface area contributed by atoms with Crippen molar-refractivity contribution in [1.29, 1.82) is 5.26 Å². The SMILES string of the molecule is CCc1ccc2ncc(C#N)c(Nc3ccc(F)c(F)c3)c2c1. The molecule has 0 aliphatic heterocycles. The molecule has 0 radical (unpaired) electrons. The van der Waals surface area contributed by atoms with Crippen molar-refractivity contribution in [3.63, 3.8) is 0 Å². The van der Waals surface area contributed by atoms with Crippen LogP contribution < -0.4 is 5.32 Å². The largest absolute Gasteiger partial charge is 0.354 e. The van der Waals surface area contributed by atoms with Gasteiger partial charge in [-0.3, -0.25) is 4.98 Å². The standard InChI is InChI=1S/C18H13F2N3/c1-2-11-3-6-17-14(7-11)18(12(9-21)10-22-17)23-13-4-5-15(19)16(20)8-13/h3-8,10H,2H2,1H3,(H,22,23). The highest BCUT2D eigenvalue weighted by atomic mass is 19.2. The zero-order valence-electron chi connectivity index (χ0n) is 12.4. The van der Waals surface area contributed by atoms with Gasteiger partial charge in [-0.05, 0) is 36.2 Å². The Bertz CT molecular complexity index is 929. The number of nitriles is 1. The second kappa shape index (κ2) is 6.01. The van der Waals surface area contributed by atoms with Gasteiger partial charge in [0.05, 0.1) is 16.8 Å². The number of pyridine rings is 1. The van der Waals surface area contributed by atoms with Crippen LogP contribution in [-0.2, 0) is 6.42 Å². The summed E-state index contributed by atoms with van der Waals surface area (Å²) < 4.78 is 26.5. The van der Waals surface area contributed by atoms with Crippen molar-refractivity contribution in [2.45, 2.75) is 13.3 Å². The third kappa shape index (κ3) is 2.84. The van der Waals surface area contributed by atoms with E-state index in [-0.39, 0.29) is 0 Å². The lowest BCUT2D eigenvalue weighted by Crippen LogP contribution is -1.98. The molecule has 0 amide bonds. The van der Waals surface area contributed by atoms with Gasteiger partial charge in [0.2, 0.25) is 0 Å². The highest BCUT2D eigenvalue weighted by Gasteiger charge is 2.11. The lowest BCUT2D eigenvalue weighted by atomic mass is 10.1. The normalized spacial score (nSPS) is 10.5. The van der Waals surface area contributed by atoms with Gasteiger partial charge in [-0.15, -0.1) is 0 Å². The second-order valence-electron chi connectivity index (χ2n) is 5.12. The van der Waals surface area contributed by atoms with Crippen LogP contribution in [0.25, 0.3) is 10.9 Å².